The monoisotopic (exact) mass is 360 g/mol. The maximum absolute atomic E-state index is 12.1. The average Bonchev–Trinajstić information content (AvgIpc) is 3.07. The van der Waals surface area contributed by atoms with Gasteiger partial charge in [0.25, 0.3) is 5.91 Å². The van der Waals surface area contributed by atoms with Crippen LogP contribution in [0.15, 0.2) is 54.6 Å². The van der Waals surface area contributed by atoms with Crippen LogP contribution in [0.3, 0.4) is 0 Å². The molecule has 0 saturated carbocycles. The van der Waals surface area contributed by atoms with E-state index in [-0.39, 0.29) is 11.7 Å². The molecular weight excluding hydrogens is 340 g/mol. The first-order valence-corrected chi connectivity index (χ1v) is 8.90. The Morgan fingerprint density at radius 3 is 2.30 bits per heavy atom. The Kier molecular flexibility index (Phi) is 4.50. The molecule has 1 aliphatic rings. The first kappa shape index (κ1) is 17.1. The second-order valence-corrected chi connectivity index (χ2v) is 6.61. The van der Waals surface area contributed by atoms with Crippen molar-refractivity contribution in [3.8, 4) is 16.9 Å². The molecule has 0 bridgehead atoms. The Bertz CT molecular complexity index is 952. The Balaban J connectivity index is 1.53. The molecule has 2 N–H and O–H groups in total. The number of nitrogens with one attached hydrogen (secondary N) is 2. The maximum atomic E-state index is 12.1. The highest BCUT2D eigenvalue weighted by Crippen LogP contribution is 2.24. The van der Waals surface area contributed by atoms with Crippen molar-refractivity contribution in [3.05, 3.63) is 77.1 Å². The van der Waals surface area contributed by atoms with E-state index in [1.54, 1.807) is 13.2 Å². The van der Waals surface area contributed by atoms with E-state index in [0.29, 0.717) is 30.6 Å². The van der Waals surface area contributed by atoms with Crippen molar-refractivity contribution in [2.24, 2.45) is 0 Å². The van der Waals surface area contributed by atoms with Gasteiger partial charge in [-0.25, -0.2) is 0 Å². The van der Waals surface area contributed by atoms with Crippen molar-refractivity contribution in [1.82, 2.24) is 10.3 Å². The fraction of sp³-hybridized carbons (Fsp3) is 0.182. The fourth-order valence-electron chi connectivity index (χ4n) is 3.34. The fourth-order valence-corrected chi connectivity index (χ4v) is 3.34. The van der Waals surface area contributed by atoms with Crippen LogP contribution in [0, 0.1) is 0 Å². The highest BCUT2D eigenvalue weighted by atomic mass is 16.5. The number of hydrogen-bond donors (Lipinski definition) is 2. The number of Topliss-reactive ketones (excluding diaryl/α,β-unsaturated/α-hetero) is 1. The van der Waals surface area contributed by atoms with Crippen molar-refractivity contribution in [2.75, 3.05) is 13.7 Å². The number of fused-ring (bicyclic) bond motifs is 1. The number of ether oxygens (including phenoxy) is 1. The lowest BCUT2D eigenvalue weighted by molar-refractivity contribution is 0.0951. The summed E-state index contributed by atoms with van der Waals surface area (Å²) in [6.45, 7) is 0.391. The molecule has 3 aromatic rings. The molecule has 0 aliphatic carbocycles. The number of H-pyrrole nitrogens is 1. The number of benzene rings is 2. The standard InChI is InChI=1S/C22H20N2O3/c1-27-18-8-6-16(7-9-18)15-4-2-14(3-5-15)12-17-13-19-20(25)10-11-23-22(26)21(19)24-17/h2-9,13,24H,10-12H2,1H3,(H,23,26). The van der Waals surface area contributed by atoms with Crippen molar-refractivity contribution in [1.29, 1.82) is 0 Å². The molecule has 5 nitrogen and oxygen atoms in total. The summed E-state index contributed by atoms with van der Waals surface area (Å²) in [5.74, 6) is 0.623. The van der Waals surface area contributed by atoms with Gasteiger partial charge in [-0.2, -0.15) is 0 Å². The molecular formula is C22H20N2O3. The zero-order valence-corrected chi connectivity index (χ0v) is 15.0. The van der Waals surface area contributed by atoms with Gasteiger partial charge in [-0.05, 0) is 34.9 Å². The maximum Gasteiger partial charge on any atom is 0.268 e. The van der Waals surface area contributed by atoms with E-state index in [1.807, 2.05) is 24.3 Å². The second kappa shape index (κ2) is 7.11. The smallest absolute Gasteiger partial charge is 0.268 e. The first-order chi connectivity index (χ1) is 13.1. The molecule has 4 rings (SSSR count). The second-order valence-electron chi connectivity index (χ2n) is 6.61. The van der Waals surface area contributed by atoms with E-state index in [9.17, 15) is 9.59 Å². The van der Waals surface area contributed by atoms with Crippen LogP contribution in [-0.4, -0.2) is 30.3 Å². The summed E-state index contributed by atoms with van der Waals surface area (Å²) in [4.78, 5) is 27.3. The molecule has 136 valence electrons. The van der Waals surface area contributed by atoms with Gasteiger partial charge in [0.1, 0.15) is 11.4 Å². The number of rotatable bonds is 4. The van der Waals surface area contributed by atoms with Crippen molar-refractivity contribution < 1.29 is 14.3 Å². The summed E-state index contributed by atoms with van der Waals surface area (Å²) in [6, 6.07) is 18.0. The van der Waals surface area contributed by atoms with Gasteiger partial charge in [-0.15, -0.1) is 0 Å². The molecule has 2 heterocycles. The van der Waals surface area contributed by atoms with Crippen molar-refractivity contribution >= 4 is 11.7 Å². The predicted octanol–water partition coefficient (Wildman–Crippen LogP) is 3.60. The molecule has 2 aromatic carbocycles. The van der Waals surface area contributed by atoms with E-state index in [0.717, 1.165) is 28.1 Å². The zero-order chi connectivity index (χ0) is 18.8. The lowest BCUT2D eigenvalue weighted by Crippen LogP contribution is -2.23. The lowest BCUT2D eigenvalue weighted by Gasteiger charge is -2.06. The van der Waals surface area contributed by atoms with Crippen molar-refractivity contribution in [3.63, 3.8) is 0 Å². The molecule has 0 fully saturated rings. The van der Waals surface area contributed by atoms with E-state index >= 15 is 0 Å². The molecule has 1 aromatic heterocycles. The molecule has 1 amide bonds. The van der Waals surface area contributed by atoms with Crippen LogP contribution in [-0.2, 0) is 6.42 Å². The van der Waals surface area contributed by atoms with Gasteiger partial charge in [-0.3, -0.25) is 9.59 Å². The quantitative estimate of drug-likeness (QED) is 0.747. The molecule has 27 heavy (non-hydrogen) atoms. The van der Waals surface area contributed by atoms with Crippen LogP contribution in [0.1, 0.15) is 38.5 Å². The number of methoxy groups -OCH3 is 1. The normalized spacial score (nSPS) is 13.7. The number of carbonyl (C=O) groups excluding carboxylic acids is 2. The molecule has 0 radical (unpaired) electrons. The predicted molar refractivity (Wildman–Crippen MR) is 103 cm³/mol. The summed E-state index contributed by atoms with van der Waals surface area (Å²) in [7, 11) is 1.65. The average molecular weight is 360 g/mol. The van der Waals surface area contributed by atoms with Gasteiger partial charge in [-0.1, -0.05) is 36.4 Å². The van der Waals surface area contributed by atoms with E-state index in [2.05, 4.69) is 34.6 Å². The van der Waals surface area contributed by atoms with Gasteiger partial charge in [0.15, 0.2) is 5.78 Å². The number of amides is 1. The largest absolute Gasteiger partial charge is 0.497 e. The summed E-state index contributed by atoms with van der Waals surface area (Å²) in [5, 5.41) is 2.74. The minimum atomic E-state index is -0.211. The number of aromatic amines is 1. The van der Waals surface area contributed by atoms with Gasteiger partial charge >= 0.3 is 0 Å². The summed E-state index contributed by atoms with van der Waals surface area (Å²) in [5.41, 5.74) is 5.09. The lowest BCUT2D eigenvalue weighted by atomic mass is 10.0. The minimum absolute atomic E-state index is 0.000652. The van der Waals surface area contributed by atoms with Crippen molar-refractivity contribution in [2.45, 2.75) is 12.8 Å². The molecule has 5 heteroatoms. The van der Waals surface area contributed by atoms with Crippen LogP contribution in [0.25, 0.3) is 11.1 Å². The number of ketones is 1. The van der Waals surface area contributed by atoms with Gasteiger partial charge < -0.3 is 15.0 Å². The Morgan fingerprint density at radius 2 is 1.63 bits per heavy atom. The Morgan fingerprint density at radius 1 is 0.963 bits per heavy atom. The molecule has 0 spiro atoms. The highest BCUT2D eigenvalue weighted by Gasteiger charge is 2.23. The van der Waals surface area contributed by atoms with Crippen LogP contribution < -0.4 is 10.1 Å². The van der Waals surface area contributed by atoms with E-state index in [4.69, 9.17) is 4.74 Å². The van der Waals surface area contributed by atoms with Crippen LogP contribution in [0.4, 0.5) is 0 Å². The van der Waals surface area contributed by atoms with E-state index < -0.39 is 0 Å². The van der Waals surface area contributed by atoms with Crippen LogP contribution in [0.2, 0.25) is 0 Å². The van der Waals surface area contributed by atoms with Crippen LogP contribution in [0.5, 0.6) is 5.75 Å². The number of carbonyl (C=O) groups is 2. The third-order valence-corrected chi connectivity index (χ3v) is 4.81. The summed E-state index contributed by atoms with van der Waals surface area (Å²) < 4.78 is 5.19. The summed E-state index contributed by atoms with van der Waals surface area (Å²) in [6.07, 6.45) is 0.975. The Labute approximate surface area is 157 Å². The van der Waals surface area contributed by atoms with E-state index in [1.165, 1.54) is 0 Å². The molecule has 0 atom stereocenters. The number of aromatic nitrogens is 1. The van der Waals surface area contributed by atoms with Gasteiger partial charge in [0.2, 0.25) is 0 Å². The molecule has 0 saturated heterocycles. The number of hydrogen-bond acceptors (Lipinski definition) is 3. The Hall–Kier alpha value is -3.34. The zero-order valence-electron chi connectivity index (χ0n) is 15.0. The first-order valence-electron chi connectivity index (χ1n) is 8.90. The topological polar surface area (TPSA) is 71.2 Å². The molecule has 0 unspecified atom stereocenters. The highest BCUT2D eigenvalue weighted by molar-refractivity contribution is 6.09. The third kappa shape index (κ3) is 3.49. The molecule has 1 aliphatic heterocycles. The van der Waals surface area contributed by atoms with Crippen LogP contribution >= 0.6 is 0 Å². The SMILES string of the molecule is COc1ccc(-c2ccc(Cc3cc4c([nH]3)C(=O)NCCC4=O)cc2)cc1. The van der Waals surface area contributed by atoms with Gasteiger partial charge in [0, 0.05) is 30.6 Å². The third-order valence-electron chi connectivity index (χ3n) is 4.81. The minimum Gasteiger partial charge on any atom is -0.497 e. The summed E-state index contributed by atoms with van der Waals surface area (Å²) >= 11 is 0. The van der Waals surface area contributed by atoms with Gasteiger partial charge in [0.05, 0.1) is 7.11 Å².